The van der Waals surface area contributed by atoms with E-state index in [2.05, 4.69) is 4.74 Å². The first kappa shape index (κ1) is 16.7. The Morgan fingerprint density at radius 3 is 2.38 bits per heavy atom. The molecule has 0 aliphatic carbocycles. The van der Waals surface area contributed by atoms with Crippen molar-refractivity contribution in [1.82, 2.24) is 0 Å². The van der Waals surface area contributed by atoms with E-state index in [9.17, 15) is 9.59 Å². The van der Waals surface area contributed by atoms with Crippen LogP contribution in [0.4, 0.5) is 0 Å². The lowest BCUT2D eigenvalue weighted by atomic mass is 10.1. The maximum absolute atomic E-state index is 11.3. The van der Waals surface area contributed by atoms with Gasteiger partial charge in [-0.15, -0.1) is 0 Å². The van der Waals surface area contributed by atoms with Crippen molar-refractivity contribution < 1.29 is 31.3 Å². The molecule has 1 aromatic carbocycles. The molecule has 1 heterocycles. The van der Waals surface area contributed by atoms with Crippen LogP contribution in [0.15, 0.2) is 48.8 Å². The lowest BCUT2D eigenvalue weighted by Gasteiger charge is -2.01. The van der Waals surface area contributed by atoms with Crippen LogP contribution in [0.3, 0.4) is 0 Å². The molecule has 0 fully saturated rings. The van der Waals surface area contributed by atoms with E-state index in [1.165, 1.54) is 7.11 Å². The number of halogens is 1. The van der Waals surface area contributed by atoms with Crippen molar-refractivity contribution in [2.45, 2.75) is 6.54 Å². The van der Waals surface area contributed by atoms with Gasteiger partial charge in [-0.2, -0.15) is 4.57 Å². The third-order valence-corrected chi connectivity index (χ3v) is 2.88. The number of nitrogens with zero attached hydrogens (tertiary/aromatic N) is 1. The Kier molecular flexibility index (Phi) is 5.87. The van der Waals surface area contributed by atoms with Gasteiger partial charge in [0.05, 0.1) is 12.7 Å². The molecule has 0 bridgehead atoms. The van der Waals surface area contributed by atoms with Crippen molar-refractivity contribution in [1.29, 1.82) is 0 Å². The summed E-state index contributed by atoms with van der Waals surface area (Å²) in [5, 5.41) is 0. The van der Waals surface area contributed by atoms with Gasteiger partial charge in [0.1, 0.15) is 5.56 Å². The second-order valence-corrected chi connectivity index (χ2v) is 4.32. The Morgan fingerprint density at radius 2 is 1.81 bits per heavy atom. The highest BCUT2D eigenvalue weighted by Gasteiger charge is 2.09. The number of methoxy groups -OCH3 is 1. The number of nitrogens with two attached hydrogens (primary N) is 1. The number of pyridine rings is 1. The zero-order valence-corrected chi connectivity index (χ0v) is 12.2. The van der Waals surface area contributed by atoms with E-state index in [-0.39, 0.29) is 18.4 Å². The highest BCUT2D eigenvalue weighted by atomic mass is 35.5. The molecule has 6 heteroatoms. The van der Waals surface area contributed by atoms with Crippen molar-refractivity contribution in [3.63, 3.8) is 0 Å². The number of hydrogen-bond donors (Lipinski definition) is 1. The van der Waals surface area contributed by atoms with Crippen LogP contribution in [0.1, 0.15) is 26.3 Å². The zero-order valence-electron chi connectivity index (χ0n) is 11.5. The highest BCUT2D eigenvalue weighted by molar-refractivity contribution is 5.92. The van der Waals surface area contributed by atoms with Gasteiger partial charge < -0.3 is 22.9 Å². The summed E-state index contributed by atoms with van der Waals surface area (Å²) in [6.07, 6.45) is 3.54. The molecule has 0 aliphatic rings. The van der Waals surface area contributed by atoms with Gasteiger partial charge in [0.2, 0.25) is 0 Å². The number of carbonyl (C=O) groups excluding carboxylic acids is 2. The van der Waals surface area contributed by atoms with Crippen LogP contribution < -0.4 is 22.7 Å². The molecule has 0 atom stereocenters. The molecule has 2 rings (SSSR count). The van der Waals surface area contributed by atoms with E-state index in [1.54, 1.807) is 30.5 Å². The fourth-order valence-corrected chi connectivity index (χ4v) is 1.84. The summed E-state index contributed by atoms with van der Waals surface area (Å²) in [4.78, 5) is 22.4. The van der Waals surface area contributed by atoms with Crippen molar-refractivity contribution in [2.75, 3.05) is 7.11 Å². The minimum absolute atomic E-state index is 0. The number of ether oxygens (including phenoxy) is 1. The predicted octanol–water partition coefficient (Wildman–Crippen LogP) is -2.09. The summed E-state index contributed by atoms with van der Waals surface area (Å²) in [6, 6.07) is 10.5. The van der Waals surface area contributed by atoms with E-state index in [4.69, 9.17) is 5.73 Å². The number of benzene rings is 1. The molecule has 0 spiro atoms. The van der Waals surface area contributed by atoms with Gasteiger partial charge in [0, 0.05) is 11.6 Å². The smallest absolute Gasteiger partial charge is 0.337 e. The molecule has 110 valence electrons. The van der Waals surface area contributed by atoms with Crippen LogP contribution >= 0.6 is 0 Å². The topological polar surface area (TPSA) is 73.3 Å². The Hall–Kier alpha value is -2.40. The molecule has 5 nitrogen and oxygen atoms in total. The van der Waals surface area contributed by atoms with Crippen LogP contribution in [-0.4, -0.2) is 19.0 Å². The monoisotopic (exact) mass is 306 g/mol. The third-order valence-electron chi connectivity index (χ3n) is 2.88. The molecule has 0 aliphatic heterocycles. The minimum atomic E-state index is -0.458. The van der Waals surface area contributed by atoms with E-state index in [1.807, 2.05) is 22.9 Å². The third kappa shape index (κ3) is 4.29. The zero-order chi connectivity index (χ0) is 14.5. The van der Waals surface area contributed by atoms with Crippen molar-refractivity contribution in [2.24, 2.45) is 5.73 Å². The van der Waals surface area contributed by atoms with Gasteiger partial charge in [-0.05, 0) is 18.2 Å². The van der Waals surface area contributed by atoms with Gasteiger partial charge in [0.25, 0.3) is 5.91 Å². The van der Waals surface area contributed by atoms with Crippen molar-refractivity contribution in [3.8, 4) is 0 Å². The summed E-state index contributed by atoms with van der Waals surface area (Å²) in [6.45, 7) is 0.586. The second-order valence-electron chi connectivity index (χ2n) is 4.32. The van der Waals surface area contributed by atoms with Gasteiger partial charge in [-0.25, -0.2) is 4.79 Å². The molecule has 0 saturated carbocycles. The molecule has 0 radical (unpaired) electrons. The number of esters is 1. The quantitative estimate of drug-likeness (QED) is 0.520. The number of amides is 1. The minimum Gasteiger partial charge on any atom is -1.00 e. The van der Waals surface area contributed by atoms with Crippen LogP contribution in [0.5, 0.6) is 0 Å². The van der Waals surface area contributed by atoms with Gasteiger partial charge in [-0.3, -0.25) is 4.79 Å². The summed E-state index contributed by atoms with van der Waals surface area (Å²) in [7, 11) is 1.35. The van der Waals surface area contributed by atoms with E-state index >= 15 is 0 Å². The van der Waals surface area contributed by atoms with E-state index < -0.39 is 5.91 Å². The maximum atomic E-state index is 11.3. The summed E-state index contributed by atoms with van der Waals surface area (Å²) < 4.78 is 6.50. The maximum Gasteiger partial charge on any atom is 0.337 e. The standard InChI is InChI=1S/C15H14N2O3.ClH/c1-20-15(19)12-6-4-11(5-7-12)9-17-8-2-3-13(10-17)14(16)18;/h2-8,10H,9H2,1H3,(H-,16,18);1H. The Balaban J connectivity index is 0.00000220. The predicted molar refractivity (Wildman–Crippen MR) is 72.0 cm³/mol. The lowest BCUT2D eigenvalue weighted by Crippen LogP contribution is -3.00. The number of hydrogen-bond acceptors (Lipinski definition) is 3. The van der Waals surface area contributed by atoms with E-state index in [0.717, 1.165) is 5.56 Å². The second kappa shape index (κ2) is 7.40. The molecular weight excluding hydrogens is 292 g/mol. The van der Waals surface area contributed by atoms with Crippen molar-refractivity contribution in [3.05, 3.63) is 65.5 Å². The fraction of sp³-hybridized carbons (Fsp3) is 0.133. The fourth-order valence-electron chi connectivity index (χ4n) is 1.84. The summed E-state index contributed by atoms with van der Waals surface area (Å²) in [5.74, 6) is -0.819. The normalized spacial score (nSPS) is 9.57. The number of rotatable bonds is 4. The van der Waals surface area contributed by atoms with Crippen molar-refractivity contribution >= 4 is 11.9 Å². The van der Waals surface area contributed by atoms with Crippen LogP contribution in [0.25, 0.3) is 0 Å². The molecular formula is C15H15ClN2O3. The van der Waals surface area contributed by atoms with Crippen LogP contribution in [-0.2, 0) is 11.3 Å². The molecule has 0 saturated heterocycles. The molecule has 21 heavy (non-hydrogen) atoms. The summed E-state index contributed by atoms with van der Waals surface area (Å²) in [5.41, 5.74) is 7.21. The Bertz CT molecular complexity index is 642. The van der Waals surface area contributed by atoms with Crippen LogP contribution in [0.2, 0.25) is 0 Å². The molecule has 2 aromatic rings. The van der Waals surface area contributed by atoms with Crippen LogP contribution in [0, 0.1) is 0 Å². The Labute approximate surface area is 128 Å². The van der Waals surface area contributed by atoms with Gasteiger partial charge in [0.15, 0.2) is 18.9 Å². The SMILES string of the molecule is COC(=O)c1ccc(C[n+]2cccc(C(N)=O)c2)cc1.[Cl-]. The van der Waals surface area contributed by atoms with E-state index in [0.29, 0.717) is 17.7 Å². The number of carbonyl (C=O) groups is 2. The average Bonchev–Trinajstić information content (AvgIpc) is 2.47. The van der Waals surface area contributed by atoms with Gasteiger partial charge >= 0.3 is 5.97 Å². The van der Waals surface area contributed by atoms with Gasteiger partial charge in [-0.1, -0.05) is 12.1 Å². The summed E-state index contributed by atoms with van der Waals surface area (Å²) >= 11 is 0. The first-order chi connectivity index (χ1) is 9.60. The average molecular weight is 307 g/mol. The first-order valence-corrected chi connectivity index (χ1v) is 6.06. The molecule has 0 unspecified atom stereocenters. The first-order valence-electron chi connectivity index (χ1n) is 6.06. The highest BCUT2D eigenvalue weighted by Crippen LogP contribution is 2.05. The lowest BCUT2D eigenvalue weighted by molar-refractivity contribution is -0.688. The molecule has 2 N–H and O–H groups in total. The largest absolute Gasteiger partial charge is 1.00 e. The molecule has 1 aromatic heterocycles. The Morgan fingerprint density at radius 1 is 1.14 bits per heavy atom. The number of aromatic nitrogens is 1. The number of primary amides is 1. The molecule has 1 amide bonds.